The molecule has 0 aromatic heterocycles. The van der Waals surface area contributed by atoms with Gasteiger partial charge in [-0.05, 0) is 19.4 Å². The van der Waals surface area contributed by atoms with E-state index in [0.717, 1.165) is 5.56 Å². The van der Waals surface area contributed by atoms with Gasteiger partial charge < -0.3 is 9.53 Å². The minimum atomic E-state index is -0.309. The van der Waals surface area contributed by atoms with Crippen LogP contribution in [0.2, 0.25) is 0 Å². The van der Waals surface area contributed by atoms with Gasteiger partial charge in [0.1, 0.15) is 5.78 Å². The first-order chi connectivity index (χ1) is 8.56. The van der Waals surface area contributed by atoms with Gasteiger partial charge in [0.15, 0.2) is 0 Å². The van der Waals surface area contributed by atoms with Gasteiger partial charge >= 0.3 is 5.97 Å². The quantitative estimate of drug-likeness (QED) is 0.727. The number of hydrogen-bond donors (Lipinski definition) is 0. The van der Waals surface area contributed by atoms with Crippen LogP contribution in [0.25, 0.3) is 0 Å². The Labute approximate surface area is 108 Å². The van der Waals surface area contributed by atoms with E-state index in [1.165, 1.54) is 0 Å². The van der Waals surface area contributed by atoms with Crippen LogP contribution in [0.4, 0.5) is 0 Å². The Morgan fingerprint density at radius 3 is 2.33 bits per heavy atom. The predicted octanol–water partition coefficient (Wildman–Crippen LogP) is 2.95. The number of carbonyl (C=O) groups is 2. The molecule has 0 amide bonds. The summed E-state index contributed by atoms with van der Waals surface area (Å²) in [5, 5.41) is 0. The minimum absolute atomic E-state index is 0.0833. The summed E-state index contributed by atoms with van der Waals surface area (Å²) in [4.78, 5) is 23.2. The molecule has 0 N–H and O–H groups in total. The molecule has 3 nitrogen and oxygen atoms in total. The summed E-state index contributed by atoms with van der Waals surface area (Å²) in [5.74, 6) is -0.577. The summed E-state index contributed by atoms with van der Waals surface area (Å²) < 4.78 is 5.04. The highest BCUT2D eigenvalue weighted by molar-refractivity contribution is 5.79. The van der Waals surface area contributed by atoms with E-state index < -0.39 is 0 Å². The average molecular weight is 248 g/mol. The molecule has 2 unspecified atom stereocenters. The Bertz CT molecular complexity index is 397. The van der Waals surface area contributed by atoms with Crippen LogP contribution in [0.3, 0.4) is 0 Å². The summed E-state index contributed by atoms with van der Waals surface area (Å²) in [6.45, 7) is 5.52. The van der Waals surface area contributed by atoms with Gasteiger partial charge in [-0.15, -0.1) is 0 Å². The fourth-order valence-corrected chi connectivity index (χ4v) is 2.03. The smallest absolute Gasteiger partial charge is 0.309 e. The van der Waals surface area contributed by atoms with Gasteiger partial charge in [0.25, 0.3) is 0 Å². The van der Waals surface area contributed by atoms with Crippen LogP contribution in [0.1, 0.15) is 38.7 Å². The molecule has 0 aliphatic carbocycles. The fourth-order valence-electron chi connectivity index (χ4n) is 2.03. The van der Waals surface area contributed by atoms with Gasteiger partial charge in [-0.1, -0.05) is 37.3 Å². The highest BCUT2D eigenvalue weighted by atomic mass is 16.5. The molecule has 0 saturated heterocycles. The molecule has 0 aliphatic heterocycles. The summed E-state index contributed by atoms with van der Waals surface area (Å²) in [7, 11) is 0. The van der Waals surface area contributed by atoms with E-state index >= 15 is 0 Å². The van der Waals surface area contributed by atoms with E-state index in [-0.39, 0.29) is 23.6 Å². The molecule has 3 heteroatoms. The predicted molar refractivity (Wildman–Crippen MR) is 70.3 cm³/mol. The van der Waals surface area contributed by atoms with Crippen molar-refractivity contribution < 1.29 is 14.3 Å². The first-order valence-corrected chi connectivity index (χ1v) is 6.27. The molecule has 98 valence electrons. The lowest BCUT2D eigenvalue weighted by atomic mass is 9.83. The summed E-state index contributed by atoms with van der Waals surface area (Å²) >= 11 is 0. The van der Waals surface area contributed by atoms with Crippen molar-refractivity contribution in [2.45, 2.75) is 33.1 Å². The minimum Gasteiger partial charge on any atom is -0.466 e. The molecule has 18 heavy (non-hydrogen) atoms. The molecule has 1 aromatic carbocycles. The Balaban J connectivity index is 2.91. The van der Waals surface area contributed by atoms with E-state index in [1.54, 1.807) is 13.8 Å². The van der Waals surface area contributed by atoms with E-state index in [0.29, 0.717) is 13.0 Å². The molecular weight excluding hydrogens is 228 g/mol. The van der Waals surface area contributed by atoms with Crippen molar-refractivity contribution in [2.75, 3.05) is 6.61 Å². The Kier molecular flexibility index (Phi) is 5.56. The van der Waals surface area contributed by atoms with E-state index in [9.17, 15) is 9.59 Å². The number of benzene rings is 1. The molecule has 0 bridgehead atoms. The van der Waals surface area contributed by atoms with Crippen molar-refractivity contribution in [3.05, 3.63) is 35.9 Å². The van der Waals surface area contributed by atoms with E-state index in [1.807, 2.05) is 37.3 Å². The molecule has 0 spiro atoms. The number of ketones is 1. The van der Waals surface area contributed by atoms with Crippen molar-refractivity contribution >= 4 is 11.8 Å². The number of Topliss-reactive ketones (excluding diaryl/α,β-unsaturated/α-hetero) is 1. The monoisotopic (exact) mass is 248 g/mol. The highest BCUT2D eigenvalue weighted by Crippen LogP contribution is 2.29. The maximum atomic E-state index is 11.8. The van der Waals surface area contributed by atoms with Crippen molar-refractivity contribution in [3.63, 3.8) is 0 Å². The van der Waals surface area contributed by atoms with E-state index in [2.05, 4.69) is 0 Å². The van der Waals surface area contributed by atoms with Gasteiger partial charge in [0.2, 0.25) is 0 Å². The van der Waals surface area contributed by atoms with Gasteiger partial charge in [0.05, 0.1) is 12.5 Å². The van der Waals surface area contributed by atoms with Crippen LogP contribution in [-0.2, 0) is 14.3 Å². The standard InChI is InChI=1S/C15H20O3/c1-4-18-15(17)12(3)14(10-11(2)16)13-8-6-5-7-9-13/h5-9,12,14H,4,10H2,1-3H3. The van der Waals surface area contributed by atoms with Crippen LogP contribution in [-0.4, -0.2) is 18.4 Å². The largest absolute Gasteiger partial charge is 0.466 e. The van der Waals surface area contributed by atoms with E-state index in [4.69, 9.17) is 4.74 Å². The van der Waals surface area contributed by atoms with Gasteiger partial charge in [-0.25, -0.2) is 0 Å². The second kappa shape index (κ2) is 6.94. The topological polar surface area (TPSA) is 43.4 Å². The SMILES string of the molecule is CCOC(=O)C(C)C(CC(C)=O)c1ccccc1. The maximum absolute atomic E-state index is 11.8. The molecule has 1 rings (SSSR count). The zero-order valence-corrected chi connectivity index (χ0v) is 11.2. The first-order valence-electron chi connectivity index (χ1n) is 6.27. The van der Waals surface area contributed by atoms with Crippen LogP contribution in [0, 0.1) is 5.92 Å². The summed E-state index contributed by atoms with van der Waals surface area (Å²) in [6, 6.07) is 9.65. The Morgan fingerprint density at radius 1 is 1.22 bits per heavy atom. The van der Waals surface area contributed by atoms with Crippen LogP contribution in [0.5, 0.6) is 0 Å². The van der Waals surface area contributed by atoms with Crippen molar-refractivity contribution in [3.8, 4) is 0 Å². The van der Waals surface area contributed by atoms with Crippen LogP contribution >= 0.6 is 0 Å². The molecule has 1 aromatic rings. The summed E-state index contributed by atoms with van der Waals surface area (Å²) in [5.41, 5.74) is 1.01. The highest BCUT2D eigenvalue weighted by Gasteiger charge is 2.27. The van der Waals surface area contributed by atoms with Crippen molar-refractivity contribution in [2.24, 2.45) is 5.92 Å². The number of rotatable bonds is 6. The molecule has 0 aliphatic rings. The third kappa shape index (κ3) is 3.99. The average Bonchev–Trinajstić information content (AvgIpc) is 2.36. The van der Waals surface area contributed by atoms with Crippen molar-refractivity contribution in [1.29, 1.82) is 0 Å². The summed E-state index contributed by atoms with van der Waals surface area (Å²) in [6.07, 6.45) is 0.365. The molecule has 0 heterocycles. The zero-order valence-electron chi connectivity index (χ0n) is 11.2. The molecule has 0 radical (unpaired) electrons. The normalized spacial score (nSPS) is 13.7. The number of carbonyl (C=O) groups excluding carboxylic acids is 2. The lowest BCUT2D eigenvalue weighted by molar-refractivity contribution is -0.148. The number of hydrogen-bond acceptors (Lipinski definition) is 3. The lowest BCUT2D eigenvalue weighted by Gasteiger charge is -2.22. The Morgan fingerprint density at radius 2 is 1.83 bits per heavy atom. The van der Waals surface area contributed by atoms with Crippen molar-refractivity contribution in [1.82, 2.24) is 0 Å². The van der Waals surface area contributed by atoms with Crippen LogP contribution in [0.15, 0.2) is 30.3 Å². The van der Waals surface area contributed by atoms with Gasteiger partial charge in [0, 0.05) is 12.3 Å². The second-order valence-electron chi connectivity index (χ2n) is 4.46. The zero-order chi connectivity index (χ0) is 13.5. The molecule has 2 atom stereocenters. The maximum Gasteiger partial charge on any atom is 0.309 e. The van der Waals surface area contributed by atoms with Crippen LogP contribution < -0.4 is 0 Å². The fraction of sp³-hybridized carbons (Fsp3) is 0.467. The van der Waals surface area contributed by atoms with Gasteiger partial charge in [-0.3, -0.25) is 4.79 Å². The lowest BCUT2D eigenvalue weighted by Crippen LogP contribution is -2.23. The second-order valence-corrected chi connectivity index (χ2v) is 4.46. The number of esters is 1. The molecular formula is C15H20O3. The molecule has 0 fully saturated rings. The first kappa shape index (κ1) is 14.4. The number of ether oxygens (including phenoxy) is 1. The third-order valence-corrected chi connectivity index (χ3v) is 3.00. The molecule has 0 saturated carbocycles. The Hall–Kier alpha value is -1.64. The van der Waals surface area contributed by atoms with Gasteiger partial charge in [-0.2, -0.15) is 0 Å². The third-order valence-electron chi connectivity index (χ3n) is 3.00.